The Hall–Kier alpha value is -2.82. The third-order valence-corrected chi connectivity index (χ3v) is 3.56. The van der Waals surface area contributed by atoms with Crippen molar-refractivity contribution in [3.63, 3.8) is 0 Å². The van der Waals surface area contributed by atoms with Gasteiger partial charge in [0.15, 0.2) is 6.61 Å². The fraction of sp³-hybridized carbons (Fsp3) is 0.263. The monoisotopic (exact) mass is 327 g/mol. The van der Waals surface area contributed by atoms with E-state index in [1.807, 2.05) is 32.0 Å². The molecule has 0 aliphatic rings. The Bertz CT molecular complexity index is 723. The first-order chi connectivity index (χ1) is 11.5. The quantitative estimate of drug-likeness (QED) is 0.826. The third kappa shape index (κ3) is 4.59. The van der Waals surface area contributed by atoms with Crippen LogP contribution in [-0.4, -0.2) is 25.6 Å². The van der Waals surface area contributed by atoms with Crippen LogP contribution in [0.15, 0.2) is 42.5 Å². The van der Waals surface area contributed by atoms with Gasteiger partial charge in [0.2, 0.25) is 0 Å². The Kier molecular flexibility index (Phi) is 5.95. The molecular weight excluding hydrogens is 306 g/mol. The van der Waals surface area contributed by atoms with Gasteiger partial charge in [-0.25, -0.2) is 4.79 Å². The van der Waals surface area contributed by atoms with Crippen LogP contribution >= 0.6 is 0 Å². The Morgan fingerprint density at radius 1 is 1.08 bits per heavy atom. The number of esters is 1. The number of rotatable bonds is 6. The topological polar surface area (TPSA) is 64.6 Å². The van der Waals surface area contributed by atoms with E-state index in [1.54, 1.807) is 24.3 Å². The molecule has 0 radical (unpaired) electrons. The lowest BCUT2D eigenvalue weighted by atomic mass is 10.1. The summed E-state index contributed by atoms with van der Waals surface area (Å²) in [5.41, 5.74) is 3.09. The standard InChI is InChI=1S/C19H21NO4/c1-4-14-6-8-15(9-7-14)19(22)24-12-18(21)20-16-11-13(2)5-10-17(16)23-3/h5-11H,4,12H2,1-3H3,(H,20,21). The Morgan fingerprint density at radius 3 is 2.42 bits per heavy atom. The number of carbonyl (C=O) groups excluding carboxylic acids is 2. The second-order valence-corrected chi connectivity index (χ2v) is 5.38. The highest BCUT2D eigenvalue weighted by atomic mass is 16.5. The van der Waals surface area contributed by atoms with E-state index >= 15 is 0 Å². The van der Waals surface area contributed by atoms with Gasteiger partial charge < -0.3 is 14.8 Å². The number of hydrogen-bond donors (Lipinski definition) is 1. The highest BCUT2D eigenvalue weighted by molar-refractivity contribution is 5.96. The summed E-state index contributed by atoms with van der Waals surface area (Å²) in [4.78, 5) is 23.9. The fourth-order valence-corrected chi connectivity index (χ4v) is 2.20. The maximum absolute atomic E-state index is 12.0. The Balaban J connectivity index is 1.93. The van der Waals surface area contributed by atoms with Gasteiger partial charge in [0.1, 0.15) is 5.75 Å². The Labute approximate surface area is 141 Å². The number of anilines is 1. The Morgan fingerprint density at radius 2 is 1.79 bits per heavy atom. The van der Waals surface area contributed by atoms with Crippen LogP contribution in [-0.2, 0) is 16.0 Å². The molecule has 0 fully saturated rings. The van der Waals surface area contributed by atoms with Crippen molar-refractivity contribution in [1.29, 1.82) is 0 Å². The molecule has 2 aromatic carbocycles. The summed E-state index contributed by atoms with van der Waals surface area (Å²) in [6, 6.07) is 12.6. The van der Waals surface area contributed by atoms with Crippen molar-refractivity contribution >= 4 is 17.6 Å². The molecule has 24 heavy (non-hydrogen) atoms. The summed E-state index contributed by atoms with van der Waals surface area (Å²) < 4.78 is 10.2. The lowest BCUT2D eigenvalue weighted by molar-refractivity contribution is -0.119. The van der Waals surface area contributed by atoms with Crippen LogP contribution in [0.25, 0.3) is 0 Å². The summed E-state index contributed by atoms with van der Waals surface area (Å²) in [6.45, 7) is 3.60. The number of benzene rings is 2. The molecule has 0 unspecified atom stereocenters. The van der Waals surface area contributed by atoms with Gasteiger partial charge in [0, 0.05) is 0 Å². The molecule has 0 saturated carbocycles. The summed E-state index contributed by atoms with van der Waals surface area (Å²) in [6.07, 6.45) is 0.899. The van der Waals surface area contributed by atoms with Gasteiger partial charge in [-0.05, 0) is 48.7 Å². The number of amides is 1. The zero-order chi connectivity index (χ0) is 17.5. The minimum absolute atomic E-state index is 0.356. The molecule has 1 N–H and O–H groups in total. The van der Waals surface area contributed by atoms with Gasteiger partial charge in [0.05, 0.1) is 18.4 Å². The molecule has 0 heterocycles. The largest absolute Gasteiger partial charge is 0.495 e. The first kappa shape index (κ1) is 17.5. The highest BCUT2D eigenvalue weighted by Crippen LogP contribution is 2.25. The normalized spacial score (nSPS) is 10.1. The molecule has 0 aromatic heterocycles. The van der Waals surface area contributed by atoms with Crippen LogP contribution < -0.4 is 10.1 Å². The molecule has 2 aromatic rings. The SMILES string of the molecule is CCc1ccc(C(=O)OCC(=O)Nc2cc(C)ccc2OC)cc1. The maximum Gasteiger partial charge on any atom is 0.338 e. The minimum atomic E-state index is -0.524. The predicted octanol–water partition coefficient (Wildman–Crippen LogP) is 3.36. The molecule has 126 valence electrons. The van der Waals surface area contributed by atoms with E-state index in [9.17, 15) is 9.59 Å². The van der Waals surface area contributed by atoms with Crippen molar-refractivity contribution in [2.45, 2.75) is 20.3 Å². The number of carbonyl (C=O) groups is 2. The number of aryl methyl sites for hydroxylation is 2. The van der Waals surface area contributed by atoms with Crippen molar-refractivity contribution < 1.29 is 19.1 Å². The van der Waals surface area contributed by atoms with Gasteiger partial charge in [-0.15, -0.1) is 0 Å². The van der Waals surface area contributed by atoms with Crippen LogP contribution in [0.3, 0.4) is 0 Å². The molecule has 0 bridgehead atoms. The summed E-state index contributed by atoms with van der Waals surface area (Å²) in [5.74, 6) is -0.392. The lowest BCUT2D eigenvalue weighted by Gasteiger charge is -2.11. The third-order valence-electron chi connectivity index (χ3n) is 3.56. The summed E-state index contributed by atoms with van der Waals surface area (Å²) >= 11 is 0. The van der Waals surface area contributed by atoms with Crippen molar-refractivity contribution in [2.75, 3.05) is 19.0 Å². The fourth-order valence-electron chi connectivity index (χ4n) is 2.20. The molecule has 2 rings (SSSR count). The molecule has 0 saturated heterocycles. The number of methoxy groups -OCH3 is 1. The van der Waals surface area contributed by atoms with Crippen LogP contribution in [0.2, 0.25) is 0 Å². The molecule has 0 atom stereocenters. The molecule has 5 nitrogen and oxygen atoms in total. The molecule has 0 aliphatic carbocycles. The van der Waals surface area contributed by atoms with Gasteiger partial charge in [-0.3, -0.25) is 4.79 Å². The second kappa shape index (κ2) is 8.15. The van der Waals surface area contributed by atoms with Crippen LogP contribution in [0.1, 0.15) is 28.4 Å². The minimum Gasteiger partial charge on any atom is -0.495 e. The first-order valence-corrected chi connectivity index (χ1v) is 7.74. The number of hydrogen-bond acceptors (Lipinski definition) is 4. The van der Waals surface area contributed by atoms with Gasteiger partial charge in [-0.2, -0.15) is 0 Å². The first-order valence-electron chi connectivity index (χ1n) is 7.74. The van der Waals surface area contributed by atoms with Crippen molar-refractivity contribution in [3.05, 3.63) is 59.2 Å². The molecule has 0 aliphatic heterocycles. The molecular formula is C19H21NO4. The zero-order valence-corrected chi connectivity index (χ0v) is 14.1. The van der Waals surface area contributed by atoms with Crippen molar-refractivity contribution in [3.8, 4) is 5.75 Å². The average molecular weight is 327 g/mol. The van der Waals surface area contributed by atoms with Crippen LogP contribution in [0, 0.1) is 6.92 Å². The predicted molar refractivity (Wildman–Crippen MR) is 92.5 cm³/mol. The smallest absolute Gasteiger partial charge is 0.338 e. The number of ether oxygens (including phenoxy) is 2. The van der Waals surface area contributed by atoms with Gasteiger partial charge in [0.25, 0.3) is 5.91 Å². The average Bonchev–Trinajstić information content (AvgIpc) is 2.60. The van der Waals surface area contributed by atoms with E-state index in [4.69, 9.17) is 9.47 Å². The van der Waals surface area contributed by atoms with Crippen LogP contribution in [0.4, 0.5) is 5.69 Å². The zero-order valence-electron chi connectivity index (χ0n) is 14.1. The van der Waals surface area contributed by atoms with E-state index in [2.05, 4.69) is 5.32 Å². The lowest BCUT2D eigenvalue weighted by Crippen LogP contribution is -2.21. The number of nitrogens with one attached hydrogen (secondary N) is 1. The van der Waals surface area contributed by atoms with E-state index in [1.165, 1.54) is 7.11 Å². The summed E-state index contributed by atoms with van der Waals surface area (Å²) in [7, 11) is 1.53. The van der Waals surface area contributed by atoms with Crippen LogP contribution in [0.5, 0.6) is 5.75 Å². The molecule has 5 heteroatoms. The maximum atomic E-state index is 12.0. The molecule has 0 spiro atoms. The van der Waals surface area contributed by atoms with Gasteiger partial charge in [-0.1, -0.05) is 25.1 Å². The van der Waals surface area contributed by atoms with E-state index in [0.29, 0.717) is 17.0 Å². The van der Waals surface area contributed by atoms with Crippen molar-refractivity contribution in [1.82, 2.24) is 0 Å². The highest BCUT2D eigenvalue weighted by Gasteiger charge is 2.12. The second-order valence-electron chi connectivity index (χ2n) is 5.38. The van der Waals surface area contributed by atoms with Gasteiger partial charge >= 0.3 is 5.97 Å². The van der Waals surface area contributed by atoms with Crippen molar-refractivity contribution in [2.24, 2.45) is 0 Å². The van der Waals surface area contributed by atoms with E-state index < -0.39 is 11.9 Å². The van der Waals surface area contributed by atoms with E-state index in [-0.39, 0.29) is 6.61 Å². The summed E-state index contributed by atoms with van der Waals surface area (Å²) in [5, 5.41) is 2.69. The molecule has 1 amide bonds. The van der Waals surface area contributed by atoms with E-state index in [0.717, 1.165) is 17.5 Å².